The van der Waals surface area contributed by atoms with Crippen LogP contribution < -0.4 is 5.32 Å². The molecule has 28 heavy (non-hydrogen) atoms. The Bertz CT molecular complexity index is 928. The number of benzene rings is 2. The van der Waals surface area contributed by atoms with Gasteiger partial charge in [0.25, 0.3) is 5.91 Å². The maximum absolute atomic E-state index is 13.5. The van der Waals surface area contributed by atoms with Gasteiger partial charge in [0, 0.05) is 10.7 Å². The predicted octanol–water partition coefficient (Wildman–Crippen LogP) is 4.25. The number of carbonyl (C=O) groups excluding carboxylic acids is 2. The summed E-state index contributed by atoms with van der Waals surface area (Å²) in [4.78, 5) is 27.4. The number of allylic oxidation sites excluding steroid dienone is 1. The van der Waals surface area contributed by atoms with Crippen molar-refractivity contribution in [3.63, 3.8) is 0 Å². The Kier molecular flexibility index (Phi) is 5.70. The quantitative estimate of drug-likeness (QED) is 0.813. The van der Waals surface area contributed by atoms with Crippen molar-refractivity contribution in [1.29, 1.82) is 0 Å². The fraction of sp³-hybridized carbons (Fsp3) is 0.238. The number of carbonyl (C=O) groups is 2. The van der Waals surface area contributed by atoms with Crippen molar-refractivity contribution < 1.29 is 18.7 Å². The highest BCUT2D eigenvalue weighted by Crippen LogP contribution is 2.31. The maximum atomic E-state index is 13.5. The summed E-state index contributed by atoms with van der Waals surface area (Å²) in [6.45, 7) is 2.09. The number of amides is 2. The summed E-state index contributed by atoms with van der Waals surface area (Å²) >= 11 is 5.96. The van der Waals surface area contributed by atoms with Crippen LogP contribution in [0, 0.1) is 0 Å². The average molecular weight is 403 g/mol. The first-order chi connectivity index (χ1) is 13.3. The summed E-state index contributed by atoms with van der Waals surface area (Å²) in [6, 6.07) is 15.4. The van der Waals surface area contributed by atoms with E-state index in [2.05, 4.69) is 5.32 Å². The lowest BCUT2D eigenvalue weighted by atomic mass is 9.96. The Labute approximate surface area is 167 Å². The van der Waals surface area contributed by atoms with Crippen LogP contribution in [0.1, 0.15) is 19.4 Å². The third-order valence-corrected chi connectivity index (χ3v) is 4.84. The Morgan fingerprint density at radius 1 is 1.21 bits per heavy atom. The van der Waals surface area contributed by atoms with Crippen molar-refractivity contribution in [3.05, 3.63) is 70.9 Å². The van der Waals surface area contributed by atoms with Crippen LogP contribution in [0.5, 0.6) is 0 Å². The number of nitrogens with zero attached hydrogens (tertiary/aromatic N) is 1. The van der Waals surface area contributed by atoms with E-state index in [1.54, 1.807) is 68.4 Å². The highest BCUT2D eigenvalue weighted by Gasteiger charge is 2.42. The van der Waals surface area contributed by atoms with E-state index in [1.807, 2.05) is 0 Å². The molecule has 1 N–H and O–H groups in total. The van der Waals surface area contributed by atoms with Gasteiger partial charge in [0.15, 0.2) is 6.73 Å². The van der Waals surface area contributed by atoms with Gasteiger partial charge in [-0.1, -0.05) is 48.0 Å². The van der Waals surface area contributed by atoms with E-state index in [0.717, 1.165) is 0 Å². The molecule has 7 heteroatoms. The van der Waals surface area contributed by atoms with E-state index in [-0.39, 0.29) is 18.1 Å². The first-order valence-corrected chi connectivity index (χ1v) is 9.08. The third kappa shape index (κ3) is 3.87. The van der Waals surface area contributed by atoms with E-state index in [9.17, 15) is 14.0 Å². The second-order valence-electron chi connectivity index (χ2n) is 6.83. The van der Waals surface area contributed by atoms with E-state index in [4.69, 9.17) is 16.3 Å². The van der Waals surface area contributed by atoms with Crippen LogP contribution in [0.25, 0.3) is 5.57 Å². The van der Waals surface area contributed by atoms with Crippen molar-refractivity contribution in [3.8, 4) is 0 Å². The van der Waals surface area contributed by atoms with Gasteiger partial charge in [-0.15, -0.1) is 0 Å². The molecule has 0 saturated carbocycles. The molecule has 0 saturated heterocycles. The van der Waals surface area contributed by atoms with Gasteiger partial charge in [-0.25, -0.2) is 4.39 Å². The van der Waals surface area contributed by atoms with E-state index >= 15 is 0 Å². The third-order valence-electron chi connectivity index (χ3n) is 4.60. The first kappa shape index (κ1) is 19.9. The molecule has 0 radical (unpaired) electrons. The number of rotatable bonds is 5. The molecule has 0 fully saturated rings. The zero-order valence-electron chi connectivity index (χ0n) is 15.5. The zero-order chi connectivity index (χ0) is 20.3. The van der Waals surface area contributed by atoms with Crippen LogP contribution >= 0.6 is 11.6 Å². The largest absolute Gasteiger partial charge is 0.474 e. The van der Waals surface area contributed by atoms with Gasteiger partial charge < -0.3 is 10.1 Å². The molecule has 0 unspecified atom stereocenters. The molecule has 5 nitrogen and oxygen atoms in total. The molecule has 1 aliphatic rings. The number of halogens is 2. The number of nitrogens with one attached hydrogen (secondary N) is 1. The van der Waals surface area contributed by atoms with Crippen LogP contribution in [0.4, 0.5) is 10.1 Å². The van der Waals surface area contributed by atoms with E-state index in [0.29, 0.717) is 16.3 Å². The zero-order valence-corrected chi connectivity index (χ0v) is 16.3. The monoisotopic (exact) mass is 402 g/mol. The van der Waals surface area contributed by atoms with Gasteiger partial charge in [0.05, 0.1) is 5.57 Å². The number of hydrogen-bond donors (Lipinski definition) is 1. The Morgan fingerprint density at radius 3 is 2.57 bits per heavy atom. The smallest absolute Gasteiger partial charge is 0.261 e. The van der Waals surface area contributed by atoms with Crippen LogP contribution in [0.15, 0.2) is 60.4 Å². The average Bonchev–Trinajstić information content (AvgIpc) is 2.68. The van der Waals surface area contributed by atoms with Crippen molar-refractivity contribution in [2.24, 2.45) is 0 Å². The topological polar surface area (TPSA) is 58.6 Å². The number of alkyl halides is 1. The maximum Gasteiger partial charge on any atom is 0.261 e. The minimum Gasteiger partial charge on any atom is -0.474 e. The fourth-order valence-corrected chi connectivity index (χ4v) is 3.10. The molecule has 0 aromatic heterocycles. The van der Waals surface area contributed by atoms with Crippen LogP contribution in [0.3, 0.4) is 0 Å². The minimum atomic E-state index is -1.25. The molecule has 0 aliphatic carbocycles. The summed E-state index contributed by atoms with van der Waals surface area (Å²) in [5, 5.41) is 3.24. The Balaban J connectivity index is 1.89. The number of anilines is 1. The second-order valence-corrected chi connectivity index (χ2v) is 7.26. The van der Waals surface area contributed by atoms with Crippen LogP contribution in [-0.2, 0) is 14.3 Å². The van der Waals surface area contributed by atoms with E-state index < -0.39 is 24.0 Å². The summed E-state index contributed by atoms with van der Waals surface area (Å²) in [5.74, 6) is -0.905. The SMILES string of the molecule is CC(C)(C(=O)Nc1cccc(Cl)c1)N1COC(CF)=C(c2ccccc2)C1=O. The molecule has 2 aromatic rings. The molecule has 1 heterocycles. The van der Waals surface area contributed by atoms with Gasteiger partial charge in [0.1, 0.15) is 18.0 Å². The number of ether oxygens (including phenoxy) is 1. The summed E-state index contributed by atoms with van der Waals surface area (Å²) in [7, 11) is 0. The fourth-order valence-electron chi connectivity index (χ4n) is 2.91. The van der Waals surface area contributed by atoms with Gasteiger partial charge in [-0.05, 0) is 37.6 Å². The molecular formula is C21H20ClFN2O3. The lowest BCUT2D eigenvalue weighted by Crippen LogP contribution is -2.57. The summed E-state index contributed by atoms with van der Waals surface area (Å²) in [5.41, 5.74) is -0.0746. The van der Waals surface area contributed by atoms with Crippen molar-refractivity contribution >= 4 is 34.7 Å². The van der Waals surface area contributed by atoms with Crippen molar-refractivity contribution in [2.75, 3.05) is 18.7 Å². The lowest BCUT2D eigenvalue weighted by Gasteiger charge is -2.40. The van der Waals surface area contributed by atoms with Crippen molar-refractivity contribution in [1.82, 2.24) is 4.90 Å². The molecule has 0 bridgehead atoms. The molecule has 2 aromatic carbocycles. The normalized spacial score (nSPS) is 14.7. The lowest BCUT2D eigenvalue weighted by molar-refractivity contribution is -0.147. The standard InChI is InChI=1S/C21H20ClFN2O3/c1-21(2,20(27)24-16-10-6-9-15(22)11-16)25-13-28-17(12-23)18(19(25)26)14-7-4-3-5-8-14/h3-11H,12-13H2,1-2H3,(H,24,27). The van der Waals surface area contributed by atoms with E-state index in [1.165, 1.54) is 4.90 Å². The molecule has 1 aliphatic heterocycles. The van der Waals surface area contributed by atoms with Crippen LogP contribution in [0.2, 0.25) is 5.02 Å². The summed E-state index contributed by atoms with van der Waals surface area (Å²) in [6.07, 6.45) is 0. The minimum absolute atomic E-state index is 0.0292. The highest BCUT2D eigenvalue weighted by atomic mass is 35.5. The number of hydrogen-bond acceptors (Lipinski definition) is 3. The Hall–Kier alpha value is -2.86. The van der Waals surface area contributed by atoms with Gasteiger partial charge >= 0.3 is 0 Å². The second kappa shape index (κ2) is 8.02. The van der Waals surface area contributed by atoms with Crippen LogP contribution in [-0.4, -0.2) is 35.7 Å². The predicted molar refractivity (Wildman–Crippen MR) is 106 cm³/mol. The molecule has 0 spiro atoms. The Morgan fingerprint density at radius 2 is 1.93 bits per heavy atom. The first-order valence-electron chi connectivity index (χ1n) is 8.71. The molecule has 146 valence electrons. The molecule has 0 atom stereocenters. The van der Waals surface area contributed by atoms with Gasteiger partial charge in [0.2, 0.25) is 5.91 Å². The van der Waals surface area contributed by atoms with Gasteiger partial charge in [-0.3, -0.25) is 14.5 Å². The molecule has 2 amide bonds. The van der Waals surface area contributed by atoms with Gasteiger partial charge in [-0.2, -0.15) is 0 Å². The molecular weight excluding hydrogens is 383 g/mol. The molecule has 3 rings (SSSR count). The highest BCUT2D eigenvalue weighted by molar-refractivity contribution is 6.31. The summed E-state index contributed by atoms with van der Waals surface area (Å²) < 4.78 is 18.9. The van der Waals surface area contributed by atoms with Crippen molar-refractivity contribution in [2.45, 2.75) is 19.4 Å².